The van der Waals surface area contributed by atoms with Crippen LogP contribution in [-0.4, -0.2) is 50.1 Å². The Kier molecular flexibility index (Phi) is 4.64. The zero-order chi connectivity index (χ0) is 13.7. The average Bonchev–Trinajstić information content (AvgIpc) is 2.34. The van der Waals surface area contributed by atoms with Gasteiger partial charge in [-0.2, -0.15) is 0 Å². The monoisotopic (exact) mass is 258 g/mol. The summed E-state index contributed by atoms with van der Waals surface area (Å²) in [5.41, 5.74) is 0. The first-order valence-corrected chi connectivity index (χ1v) is 5.22. The molecule has 0 aromatic carbocycles. The van der Waals surface area contributed by atoms with Gasteiger partial charge in [-0.15, -0.1) is 0 Å². The van der Waals surface area contributed by atoms with Crippen LogP contribution in [-0.2, 0) is 28.7 Å². The molecule has 2 amide bonds. The standard InChI is InChI=1S/C10H14N2O6/c1-17-7(13)3-5-9(15)12-6(10(16)11-5)4-8(14)18-2/h5-6H,3-4H2,1-2H3,(H,11,16)(H,12,15). The molecule has 0 bridgehead atoms. The summed E-state index contributed by atoms with van der Waals surface area (Å²) < 4.78 is 8.80. The summed E-state index contributed by atoms with van der Waals surface area (Å²) in [4.78, 5) is 45.2. The van der Waals surface area contributed by atoms with E-state index in [1.54, 1.807) is 0 Å². The molecular weight excluding hydrogens is 244 g/mol. The summed E-state index contributed by atoms with van der Waals surface area (Å²) in [7, 11) is 2.37. The minimum atomic E-state index is -0.973. The molecule has 1 fully saturated rings. The molecule has 1 aliphatic heterocycles. The molecule has 0 radical (unpaired) electrons. The normalized spacial score (nSPS) is 22.8. The van der Waals surface area contributed by atoms with Gasteiger partial charge in [0.25, 0.3) is 0 Å². The number of piperazine rings is 1. The van der Waals surface area contributed by atoms with Crippen LogP contribution in [0.1, 0.15) is 12.8 Å². The minimum Gasteiger partial charge on any atom is -0.469 e. The van der Waals surface area contributed by atoms with Crippen LogP contribution in [0.25, 0.3) is 0 Å². The van der Waals surface area contributed by atoms with E-state index >= 15 is 0 Å². The Hall–Kier alpha value is -2.12. The van der Waals surface area contributed by atoms with Crippen molar-refractivity contribution in [2.75, 3.05) is 14.2 Å². The second-order valence-electron chi connectivity index (χ2n) is 3.68. The zero-order valence-corrected chi connectivity index (χ0v) is 10.0. The first kappa shape index (κ1) is 13.9. The lowest BCUT2D eigenvalue weighted by molar-refractivity contribution is -0.148. The third-order valence-electron chi connectivity index (χ3n) is 2.46. The molecule has 1 aliphatic rings. The fraction of sp³-hybridized carbons (Fsp3) is 0.600. The van der Waals surface area contributed by atoms with E-state index in [1.807, 2.05) is 0 Å². The highest BCUT2D eigenvalue weighted by Gasteiger charge is 2.36. The lowest BCUT2D eigenvalue weighted by Crippen LogP contribution is -2.62. The summed E-state index contributed by atoms with van der Waals surface area (Å²) in [5.74, 6) is -2.29. The van der Waals surface area contributed by atoms with Crippen LogP contribution < -0.4 is 10.6 Å². The average molecular weight is 258 g/mol. The summed E-state index contributed by atoms with van der Waals surface area (Å²) in [6, 6.07) is -1.95. The maximum atomic E-state index is 11.6. The van der Waals surface area contributed by atoms with Gasteiger partial charge in [-0.25, -0.2) is 0 Å². The molecule has 2 N–H and O–H groups in total. The van der Waals surface area contributed by atoms with Gasteiger partial charge in [-0.1, -0.05) is 0 Å². The van der Waals surface area contributed by atoms with Crippen molar-refractivity contribution in [3.63, 3.8) is 0 Å². The maximum Gasteiger partial charge on any atom is 0.308 e. The summed E-state index contributed by atoms with van der Waals surface area (Å²) >= 11 is 0. The van der Waals surface area contributed by atoms with Gasteiger partial charge in [-0.3, -0.25) is 19.2 Å². The van der Waals surface area contributed by atoms with Crippen LogP contribution in [0.4, 0.5) is 0 Å². The van der Waals surface area contributed by atoms with Crippen molar-refractivity contribution in [1.82, 2.24) is 10.6 Å². The largest absolute Gasteiger partial charge is 0.469 e. The number of amides is 2. The number of carbonyl (C=O) groups excluding carboxylic acids is 4. The van der Waals surface area contributed by atoms with Gasteiger partial charge in [0.2, 0.25) is 11.8 Å². The molecule has 1 heterocycles. The van der Waals surface area contributed by atoms with E-state index in [2.05, 4.69) is 20.1 Å². The second kappa shape index (κ2) is 5.99. The number of esters is 2. The molecule has 0 aliphatic carbocycles. The fourth-order valence-electron chi connectivity index (χ4n) is 1.46. The highest BCUT2D eigenvalue weighted by molar-refractivity contribution is 6.00. The van der Waals surface area contributed by atoms with Crippen LogP contribution in [0.3, 0.4) is 0 Å². The molecule has 2 atom stereocenters. The number of carbonyl (C=O) groups is 4. The van der Waals surface area contributed by atoms with Crippen molar-refractivity contribution < 1.29 is 28.7 Å². The Labute approximate surface area is 103 Å². The quantitative estimate of drug-likeness (QED) is 0.569. The van der Waals surface area contributed by atoms with E-state index in [-0.39, 0.29) is 12.8 Å². The van der Waals surface area contributed by atoms with Gasteiger partial charge in [0, 0.05) is 0 Å². The number of ether oxygens (including phenoxy) is 2. The molecule has 0 spiro atoms. The molecule has 1 saturated heterocycles. The summed E-state index contributed by atoms with van der Waals surface area (Å²) in [6.45, 7) is 0. The van der Waals surface area contributed by atoms with E-state index < -0.39 is 35.8 Å². The van der Waals surface area contributed by atoms with Gasteiger partial charge in [0.1, 0.15) is 12.1 Å². The highest BCUT2D eigenvalue weighted by atomic mass is 16.5. The zero-order valence-electron chi connectivity index (χ0n) is 10.0. The number of hydrogen-bond donors (Lipinski definition) is 2. The topological polar surface area (TPSA) is 111 Å². The molecule has 1 rings (SSSR count). The van der Waals surface area contributed by atoms with Crippen LogP contribution in [0.2, 0.25) is 0 Å². The predicted octanol–water partition coefficient (Wildman–Crippen LogP) is -1.90. The van der Waals surface area contributed by atoms with Crippen LogP contribution >= 0.6 is 0 Å². The number of hydrogen-bond acceptors (Lipinski definition) is 6. The third-order valence-corrected chi connectivity index (χ3v) is 2.46. The Morgan fingerprint density at radius 2 is 1.28 bits per heavy atom. The Morgan fingerprint density at radius 3 is 1.56 bits per heavy atom. The van der Waals surface area contributed by atoms with Gasteiger partial charge < -0.3 is 20.1 Å². The van der Waals surface area contributed by atoms with Crippen molar-refractivity contribution in [1.29, 1.82) is 0 Å². The number of rotatable bonds is 4. The van der Waals surface area contributed by atoms with E-state index in [1.165, 1.54) is 14.2 Å². The van der Waals surface area contributed by atoms with Crippen molar-refractivity contribution in [2.24, 2.45) is 0 Å². The molecule has 8 nitrogen and oxygen atoms in total. The van der Waals surface area contributed by atoms with E-state index in [0.29, 0.717) is 0 Å². The van der Waals surface area contributed by atoms with E-state index in [9.17, 15) is 19.2 Å². The summed E-state index contributed by atoms with van der Waals surface area (Å²) in [6.07, 6.45) is -0.502. The van der Waals surface area contributed by atoms with Gasteiger partial charge in [0.15, 0.2) is 0 Å². The molecular formula is C10H14N2O6. The van der Waals surface area contributed by atoms with Crippen LogP contribution in [0, 0.1) is 0 Å². The number of methoxy groups -OCH3 is 2. The molecule has 18 heavy (non-hydrogen) atoms. The first-order valence-electron chi connectivity index (χ1n) is 5.22. The van der Waals surface area contributed by atoms with Gasteiger partial charge in [0.05, 0.1) is 27.1 Å². The predicted molar refractivity (Wildman–Crippen MR) is 57.1 cm³/mol. The molecule has 8 heteroatoms. The van der Waals surface area contributed by atoms with Gasteiger partial charge >= 0.3 is 11.9 Å². The van der Waals surface area contributed by atoms with Crippen LogP contribution in [0.5, 0.6) is 0 Å². The van der Waals surface area contributed by atoms with Crippen molar-refractivity contribution in [2.45, 2.75) is 24.9 Å². The lowest BCUT2D eigenvalue weighted by atomic mass is 10.1. The Balaban J connectivity index is 2.59. The minimum absolute atomic E-state index is 0.251. The molecule has 0 saturated carbocycles. The smallest absolute Gasteiger partial charge is 0.308 e. The van der Waals surface area contributed by atoms with Crippen molar-refractivity contribution in [3.8, 4) is 0 Å². The fourth-order valence-corrected chi connectivity index (χ4v) is 1.46. The second-order valence-corrected chi connectivity index (χ2v) is 3.68. The van der Waals surface area contributed by atoms with Crippen LogP contribution in [0.15, 0.2) is 0 Å². The first-order chi connectivity index (χ1) is 8.47. The van der Waals surface area contributed by atoms with Gasteiger partial charge in [-0.05, 0) is 0 Å². The van der Waals surface area contributed by atoms with Crippen molar-refractivity contribution >= 4 is 23.8 Å². The molecule has 0 aromatic rings. The Bertz CT molecular complexity index is 345. The molecule has 2 unspecified atom stereocenters. The third kappa shape index (κ3) is 3.44. The lowest BCUT2D eigenvalue weighted by Gasteiger charge is -2.28. The summed E-state index contributed by atoms with van der Waals surface area (Å²) in [5, 5.41) is 4.70. The highest BCUT2D eigenvalue weighted by Crippen LogP contribution is 2.05. The van der Waals surface area contributed by atoms with E-state index in [4.69, 9.17) is 0 Å². The Morgan fingerprint density at radius 1 is 0.944 bits per heavy atom. The van der Waals surface area contributed by atoms with Crippen molar-refractivity contribution in [3.05, 3.63) is 0 Å². The molecule has 100 valence electrons. The SMILES string of the molecule is COC(=O)CC1NC(=O)C(CC(=O)OC)NC1=O. The maximum absolute atomic E-state index is 11.6. The number of nitrogens with one attached hydrogen (secondary N) is 2. The molecule has 0 aromatic heterocycles. The van der Waals surface area contributed by atoms with E-state index in [0.717, 1.165) is 0 Å².